The number of esters is 1. The van der Waals surface area contributed by atoms with Gasteiger partial charge in [0.25, 0.3) is 0 Å². The Balaban J connectivity index is 1.42. The topological polar surface area (TPSA) is 110 Å². The second kappa shape index (κ2) is 14.7. The number of pyridine rings is 2. The second-order valence-corrected chi connectivity index (χ2v) is 13.6. The van der Waals surface area contributed by atoms with Crippen LogP contribution in [0.2, 0.25) is 0 Å². The van der Waals surface area contributed by atoms with Crippen molar-refractivity contribution in [1.29, 1.82) is 0 Å². The first-order chi connectivity index (χ1) is 23.2. The standard InChI is InChI=1S/C37H40BrN5O5/c1-37(2,48-32(44)20-25-16-18-39-19-17-25)22-28-21-30(43-29-14-15-31(38)40-33(29)42(3)36(43)45)35(47-24-27-12-8-5-9-13-27)41-34(28)46-23-26-10-6-4-7-11-26/h4-15,21,25,39H,16-20,22-24H2,1-3H3. The summed E-state index contributed by atoms with van der Waals surface area (Å²) < 4.78 is 22.5. The number of nitrogens with one attached hydrogen (secondary N) is 1. The molecular formula is C37H40BrN5O5. The van der Waals surface area contributed by atoms with Gasteiger partial charge in [-0.25, -0.2) is 9.78 Å². The third kappa shape index (κ3) is 7.96. The largest absolute Gasteiger partial charge is 0.473 e. The maximum atomic E-state index is 13.8. The first-order valence-electron chi connectivity index (χ1n) is 16.2. The molecule has 1 saturated heterocycles. The summed E-state index contributed by atoms with van der Waals surface area (Å²) >= 11 is 3.43. The highest BCUT2D eigenvalue weighted by molar-refractivity contribution is 9.10. The Kier molecular flexibility index (Phi) is 10.3. The number of hydrogen-bond donors (Lipinski definition) is 1. The van der Waals surface area contributed by atoms with Gasteiger partial charge in [0.15, 0.2) is 5.65 Å². The van der Waals surface area contributed by atoms with E-state index in [4.69, 9.17) is 19.2 Å². The number of aromatic nitrogens is 4. The Morgan fingerprint density at radius 2 is 1.54 bits per heavy atom. The minimum absolute atomic E-state index is 0.224. The zero-order valence-electron chi connectivity index (χ0n) is 27.4. The fourth-order valence-electron chi connectivity index (χ4n) is 6.06. The average molecular weight is 715 g/mol. The quantitative estimate of drug-likeness (QED) is 0.119. The van der Waals surface area contributed by atoms with Crippen LogP contribution < -0.4 is 20.5 Å². The number of rotatable bonds is 12. The van der Waals surface area contributed by atoms with Gasteiger partial charge >= 0.3 is 11.7 Å². The molecule has 5 aromatic rings. The molecule has 1 aliphatic heterocycles. The van der Waals surface area contributed by atoms with Crippen molar-refractivity contribution < 1.29 is 19.0 Å². The highest BCUT2D eigenvalue weighted by atomic mass is 79.9. The maximum absolute atomic E-state index is 13.8. The van der Waals surface area contributed by atoms with Gasteiger partial charge in [0.05, 0.1) is 5.52 Å². The molecule has 0 aliphatic carbocycles. The van der Waals surface area contributed by atoms with Crippen LogP contribution in [0.3, 0.4) is 0 Å². The van der Waals surface area contributed by atoms with Crippen LogP contribution in [0.15, 0.2) is 88.3 Å². The van der Waals surface area contributed by atoms with E-state index in [1.807, 2.05) is 86.6 Å². The van der Waals surface area contributed by atoms with Gasteiger partial charge < -0.3 is 19.5 Å². The molecule has 0 spiro atoms. The number of hydrogen-bond acceptors (Lipinski definition) is 8. The van der Waals surface area contributed by atoms with Crippen molar-refractivity contribution in [3.05, 3.63) is 111 Å². The summed E-state index contributed by atoms with van der Waals surface area (Å²) in [7, 11) is 1.68. The summed E-state index contributed by atoms with van der Waals surface area (Å²) in [4.78, 5) is 36.4. The number of fused-ring (bicyclic) bond motifs is 1. The van der Waals surface area contributed by atoms with Crippen molar-refractivity contribution in [2.75, 3.05) is 13.1 Å². The van der Waals surface area contributed by atoms with Crippen LogP contribution in [0.5, 0.6) is 11.8 Å². The number of benzene rings is 2. The van der Waals surface area contributed by atoms with Crippen molar-refractivity contribution in [3.63, 3.8) is 0 Å². The number of carbonyl (C=O) groups excluding carboxylic acids is 1. The molecule has 3 aromatic heterocycles. The minimum atomic E-state index is -0.893. The monoisotopic (exact) mass is 713 g/mol. The van der Waals surface area contributed by atoms with Gasteiger partial charge in [0, 0.05) is 25.5 Å². The van der Waals surface area contributed by atoms with Crippen molar-refractivity contribution in [2.45, 2.75) is 58.3 Å². The van der Waals surface area contributed by atoms with Crippen molar-refractivity contribution in [3.8, 4) is 17.4 Å². The maximum Gasteiger partial charge on any atom is 0.334 e. The highest BCUT2D eigenvalue weighted by Gasteiger charge is 2.30. The molecule has 0 atom stereocenters. The van der Waals surface area contributed by atoms with Crippen LogP contribution in [0.25, 0.3) is 16.9 Å². The number of aryl methyl sites for hydroxylation is 1. The fourth-order valence-corrected chi connectivity index (χ4v) is 6.36. The van der Waals surface area contributed by atoms with Gasteiger partial charge in [-0.05, 0) is 91.0 Å². The number of ether oxygens (including phenoxy) is 3. The van der Waals surface area contributed by atoms with E-state index in [2.05, 4.69) is 26.2 Å². The van der Waals surface area contributed by atoms with E-state index in [-0.39, 0.29) is 37.2 Å². The zero-order chi connectivity index (χ0) is 33.7. The molecule has 0 amide bonds. The van der Waals surface area contributed by atoms with Crippen molar-refractivity contribution in [1.82, 2.24) is 24.4 Å². The third-order valence-corrected chi connectivity index (χ3v) is 8.90. The highest BCUT2D eigenvalue weighted by Crippen LogP contribution is 2.34. The summed E-state index contributed by atoms with van der Waals surface area (Å²) in [5.74, 6) is 0.642. The molecule has 48 heavy (non-hydrogen) atoms. The summed E-state index contributed by atoms with van der Waals surface area (Å²) in [6.07, 6.45) is 2.58. The molecular weight excluding hydrogens is 674 g/mol. The molecule has 1 fully saturated rings. The SMILES string of the molecule is Cn1c(=O)n(-c2cc(CC(C)(C)OC(=O)CC3CCNCC3)c(OCc3ccccc3)nc2OCc2ccccc2)c2ccc(Br)nc21. The van der Waals surface area contributed by atoms with Crippen LogP contribution >= 0.6 is 15.9 Å². The van der Waals surface area contributed by atoms with Gasteiger partial charge in [0.2, 0.25) is 11.8 Å². The summed E-state index contributed by atoms with van der Waals surface area (Å²) in [5, 5.41) is 3.34. The Hall–Kier alpha value is -4.48. The number of halogens is 1. The second-order valence-electron chi connectivity index (χ2n) is 12.8. The summed E-state index contributed by atoms with van der Waals surface area (Å²) in [6, 6.07) is 25.1. The van der Waals surface area contributed by atoms with Gasteiger partial charge in [-0.15, -0.1) is 0 Å². The molecule has 0 bridgehead atoms. The molecule has 0 radical (unpaired) electrons. The molecule has 11 heteroatoms. The van der Waals surface area contributed by atoms with Gasteiger partial charge in [-0.2, -0.15) is 4.98 Å². The normalized spacial score (nSPS) is 13.8. The predicted molar refractivity (Wildman–Crippen MR) is 187 cm³/mol. The molecule has 10 nitrogen and oxygen atoms in total. The van der Waals surface area contributed by atoms with Gasteiger partial charge in [-0.1, -0.05) is 60.7 Å². The molecule has 2 aromatic carbocycles. The number of piperidine rings is 1. The Bertz CT molecular complexity index is 1940. The predicted octanol–water partition coefficient (Wildman–Crippen LogP) is 6.29. The fraction of sp³-hybridized carbons (Fsp3) is 0.351. The summed E-state index contributed by atoms with van der Waals surface area (Å²) in [5.41, 5.74) is 2.91. The lowest BCUT2D eigenvalue weighted by Gasteiger charge is -2.28. The van der Waals surface area contributed by atoms with Crippen LogP contribution in [0, 0.1) is 5.92 Å². The first kappa shape index (κ1) is 33.4. The number of carbonyl (C=O) groups is 1. The lowest BCUT2D eigenvalue weighted by Crippen LogP contribution is -2.34. The van der Waals surface area contributed by atoms with Gasteiger partial charge in [0.1, 0.15) is 29.1 Å². The zero-order valence-corrected chi connectivity index (χ0v) is 29.0. The van der Waals surface area contributed by atoms with Crippen LogP contribution in [-0.4, -0.2) is 43.8 Å². The molecule has 250 valence electrons. The van der Waals surface area contributed by atoms with E-state index >= 15 is 0 Å². The van der Waals surface area contributed by atoms with E-state index in [9.17, 15) is 9.59 Å². The van der Waals surface area contributed by atoms with E-state index in [1.54, 1.807) is 17.7 Å². The molecule has 0 saturated carbocycles. The third-order valence-electron chi connectivity index (χ3n) is 8.46. The Labute approximate surface area is 288 Å². The van der Waals surface area contributed by atoms with E-state index in [0.29, 0.717) is 45.2 Å². The average Bonchev–Trinajstić information content (AvgIpc) is 3.32. The number of imidazole rings is 1. The van der Waals surface area contributed by atoms with Crippen LogP contribution in [-0.2, 0) is 36.2 Å². The minimum Gasteiger partial charge on any atom is -0.473 e. The Morgan fingerprint density at radius 1 is 0.917 bits per heavy atom. The molecule has 4 heterocycles. The smallest absolute Gasteiger partial charge is 0.334 e. The molecule has 6 rings (SSSR count). The van der Waals surface area contributed by atoms with Crippen molar-refractivity contribution in [2.24, 2.45) is 13.0 Å². The lowest BCUT2D eigenvalue weighted by molar-refractivity contribution is -0.157. The Morgan fingerprint density at radius 3 is 2.19 bits per heavy atom. The van der Waals surface area contributed by atoms with Crippen LogP contribution in [0.4, 0.5) is 0 Å². The number of nitrogens with zero attached hydrogens (tertiary/aromatic N) is 4. The van der Waals surface area contributed by atoms with Gasteiger partial charge in [-0.3, -0.25) is 13.9 Å². The van der Waals surface area contributed by atoms with E-state index < -0.39 is 5.60 Å². The summed E-state index contributed by atoms with van der Waals surface area (Å²) in [6.45, 7) is 6.09. The lowest BCUT2D eigenvalue weighted by atomic mass is 9.94. The molecule has 0 unspecified atom stereocenters. The van der Waals surface area contributed by atoms with Crippen molar-refractivity contribution >= 4 is 33.1 Å². The van der Waals surface area contributed by atoms with Crippen LogP contribution in [0.1, 0.15) is 49.8 Å². The van der Waals surface area contributed by atoms with E-state index in [1.165, 1.54) is 4.57 Å². The molecule has 1 aliphatic rings. The van der Waals surface area contributed by atoms with E-state index in [0.717, 1.165) is 37.1 Å². The molecule has 1 N–H and O–H groups in total. The first-order valence-corrected chi connectivity index (χ1v) is 17.0.